The van der Waals surface area contributed by atoms with Gasteiger partial charge in [-0.3, -0.25) is 9.59 Å². The molecular weight excluding hydrogens is 354 g/mol. The van der Waals surface area contributed by atoms with Gasteiger partial charge in [-0.2, -0.15) is 0 Å². The summed E-state index contributed by atoms with van der Waals surface area (Å²) in [6.07, 6.45) is 2.39. The van der Waals surface area contributed by atoms with Crippen molar-refractivity contribution in [2.45, 2.75) is 26.7 Å². The lowest BCUT2D eigenvalue weighted by molar-refractivity contribution is -0.133. The molecule has 148 valence electrons. The molecule has 0 aliphatic carbocycles. The fourth-order valence-corrected chi connectivity index (χ4v) is 3.24. The normalized spacial score (nSPS) is 14.4. The minimum absolute atomic E-state index is 0.471. The van der Waals surface area contributed by atoms with Crippen LogP contribution in [0.3, 0.4) is 0 Å². The number of nitrogens with one attached hydrogen (secondary N) is 2. The average molecular weight is 381 g/mol. The van der Waals surface area contributed by atoms with Gasteiger partial charge in [0.25, 0.3) is 0 Å². The highest BCUT2D eigenvalue weighted by atomic mass is 16.5. The van der Waals surface area contributed by atoms with Crippen molar-refractivity contribution in [3.8, 4) is 5.75 Å². The number of anilines is 3. The molecule has 28 heavy (non-hydrogen) atoms. The number of amides is 2. The molecule has 2 N–H and O–H groups in total. The number of carbonyl (C=O) groups is 2. The molecule has 0 aromatic heterocycles. The maximum atomic E-state index is 12.2. The topological polar surface area (TPSA) is 70.7 Å². The molecule has 1 aliphatic rings. The first-order chi connectivity index (χ1) is 13.6. The Kier molecular flexibility index (Phi) is 6.53. The second kappa shape index (κ2) is 9.26. The van der Waals surface area contributed by atoms with Crippen LogP contribution in [0.25, 0.3) is 0 Å². The van der Waals surface area contributed by atoms with Crippen molar-refractivity contribution < 1.29 is 14.3 Å². The summed E-state index contributed by atoms with van der Waals surface area (Å²) >= 11 is 0. The fraction of sp³-hybridized carbons (Fsp3) is 0.364. The van der Waals surface area contributed by atoms with Gasteiger partial charge < -0.3 is 20.3 Å². The molecule has 2 aromatic rings. The average Bonchev–Trinajstić information content (AvgIpc) is 2.71. The Morgan fingerprint density at radius 3 is 2.32 bits per heavy atom. The molecule has 1 aliphatic heterocycles. The highest BCUT2D eigenvalue weighted by Crippen LogP contribution is 2.25. The van der Waals surface area contributed by atoms with Gasteiger partial charge in [0.05, 0.1) is 12.3 Å². The minimum Gasteiger partial charge on any atom is -0.492 e. The zero-order valence-corrected chi connectivity index (χ0v) is 16.4. The Morgan fingerprint density at radius 1 is 1.00 bits per heavy atom. The largest absolute Gasteiger partial charge is 0.492 e. The van der Waals surface area contributed by atoms with E-state index >= 15 is 0 Å². The molecular formula is C22H27N3O3. The van der Waals surface area contributed by atoms with Gasteiger partial charge in [-0.1, -0.05) is 19.1 Å². The van der Waals surface area contributed by atoms with E-state index < -0.39 is 11.8 Å². The molecule has 0 atom stereocenters. The van der Waals surface area contributed by atoms with Gasteiger partial charge in [-0.25, -0.2) is 0 Å². The Bertz CT molecular complexity index is 812. The predicted molar refractivity (Wildman–Crippen MR) is 112 cm³/mol. The number of piperidine rings is 1. The zero-order valence-electron chi connectivity index (χ0n) is 16.4. The molecule has 2 aromatic carbocycles. The first kappa shape index (κ1) is 19.7. The van der Waals surface area contributed by atoms with Crippen molar-refractivity contribution in [3.05, 3.63) is 48.5 Å². The fourth-order valence-electron chi connectivity index (χ4n) is 3.24. The van der Waals surface area contributed by atoms with Gasteiger partial charge in [0.1, 0.15) is 5.75 Å². The van der Waals surface area contributed by atoms with E-state index in [2.05, 4.69) is 22.5 Å². The van der Waals surface area contributed by atoms with Crippen molar-refractivity contribution in [2.24, 2.45) is 5.92 Å². The number of carbonyl (C=O) groups excluding carboxylic acids is 2. The summed E-state index contributed by atoms with van der Waals surface area (Å²) in [6, 6.07) is 14.6. The molecule has 2 amide bonds. The number of nitrogens with zero attached hydrogens (tertiary/aromatic N) is 1. The molecule has 0 radical (unpaired) electrons. The highest BCUT2D eigenvalue weighted by Gasteiger charge is 2.18. The van der Waals surface area contributed by atoms with Crippen LogP contribution in [0.2, 0.25) is 0 Å². The summed E-state index contributed by atoms with van der Waals surface area (Å²) in [7, 11) is 0. The minimum atomic E-state index is -0.735. The Hall–Kier alpha value is -3.02. The summed E-state index contributed by atoms with van der Waals surface area (Å²) in [5, 5.41) is 5.24. The van der Waals surface area contributed by atoms with Crippen LogP contribution in [-0.2, 0) is 9.59 Å². The van der Waals surface area contributed by atoms with Crippen molar-refractivity contribution >= 4 is 28.9 Å². The van der Waals surface area contributed by atoms with Crippen molar-refractivity contribution in [3.63, 3.8) is 0 Å². The van der Waals surface area contributed by atoms with Gasteiger partial charge in [0.2, 0.25) is 0 Å². The van der Waals surface area contributed by atoms with E-state index in [9.17, 15) is 9.59 Å². The quantitative estimate of drug-likeness (QED) is 0.771. The lowest BCUT2D eigenvalue weighted by atomic mass is 9.99. The third kappa shape index (κ3) is 5.03. The summed E-state index contributed by atoms with van der Waals surface area (Å²) < 4.78 is 5.46. The first-order valence-electron chi connectivity index (χ1n) is 9.76. The van der Waals surface area contributed by atoms with Gasteiger partial charge in [0, 0.05) is 24.5 Å². The van der Waals surface area contributed by atoms with Crippen LogP contribution >= 0.6 is 0 Å². The third-order valence-corrected chi connectivity index (χ3v) is 4.92. The SMILES string of the molecule is CCOc1ccccc1NC(=O)C(=O)Nc1ccc(N2CCC(C)CC2)cc1. The molecule has 1 fully saturated rings. The zero-order chi connectivity index (χ0) is 19.9. The van der Waals surface area contributed by atoms with Crippen LogP contribution < -0.4 is 20.3 Å². The van der Waals surface area contributed by atoms with E-state index in [1.807, 2.05) is 37.3 Å². The second-order valence-corrected chi connectivity index (χ2v) is 7.05. The lowest BCUT2D eigenvalue weighted by Crippen LogP contribution is -2.32. The molecule has 0 bridgehead atoms. The van der Waals surface area contributed by atoms with Gasteiger partial charge >= 0.3 is 11.8 Å². The van der Waals surface area contributed by atoms with E-state index in [0.29, 0.717) is 23.7 Å². The van der Waals surface area contributed by atoms with Crippen LogP contribution in [0, 0.1) is 5.92 Å². The number of rotatable bonds is 5. The van der Waals surface area contributed by atoms with Crippen LogP contribution in [0.15, 0.2) is 48.5 Å². The van der Waals surface area contributed by atoms with Crippen molar-refractivity contribution in [2.75, 3.05) is 35.2 Å². The molecule has 1 heterocycles. The molecule has 6 heteroatoms. The predicted octanol–water partition coefficient (Wildman–Crippen LogP) is 3.90. The summed E-state index contributed by atoms with van der Waals surface area (Å²) in [5.41, 5.74) is 2.20. The van der Waals surface area contributed by atoms with Crippen molar-refractivity contribution in [1.29, 1.82) is 0 Å². The second-order valence-electron chi connectivity index (χ2n) is 7.05. The molecule has 0 unspecified atom stereocenters. The van der Waals surface area contributed by atoms with Crippen LogP contribution in [-0.4, -0.2) is 31.5 Å². The first-order valence-corrected chi connectivity index (χ1v) is 9.76. The standard InChI is InChI=1S/C22H27N3O3/c1-3-28-20-7-5-4-6-19(20)24-22(27)21(26)23-17-8-10-18(11-9-17)25-14-12-16(2)13-15-25/h4-11,16H,3,12-15H2,1-2H3,(H,23,26)(H,24,27). The number of ether oxygens (including phenoxy) is 1. The molecule has 1 saturated heterocycles. The van der Waals surface area contributed by atoms with Gasteiger partial charge in [-0.05, 0) is 62.1 Å². The van der Waals surface area contributed by atoms with Crippen LogP contribution in [0.5, 0.6) is 5.75 Å². The van der Waals surface area contributed by atoms with E-state index in [1.54, 1.807) is 18.2 Å². The Balaban J connectivity index is 1.57. The Morgan fingerprint density at radius 2 is 1.64 bits per heavy atom. The maximum Gasteiger partial charge on any atom is 0.314 e. The lowest BCUT2D eigenvalue weighted by Gasteiger charge is -2.32. The Labute approximate surface area is 165 Å². The van der Waals surface area contributed by atoms with Crippen molar-refractivity contribution in [1.82, 2.24) is 0 Å². The van der Waals surface area contributed by atoms with E-state index in [-0.39, 0.29) is 0 Å². The van der Waals surface area contributed by atoms with Crippen LogP contribution in [0.1, 0.15) is 26.7 Å². The summed E-state index contributed by atoms with van der Waals surface area (Å²) in [6.45, 7) is 6.72. The highest BCUT2D eigenvalue weighted by molar-refractivity contribution is 6.43. The maximum absolute atomic E-state index is 12.2. The molecule has 0 spiro atoms. The van der Waals surface area contributed by atoms with E-state index in [4.69, 9.17) is 4.74 Å². The molecule has 0 saturated carbocycles. The smallest absolute Gasteiger partial charge is 0.314 e. The third-order valence-electron chi connectivity index (χ3n) is 4.92. The number of hydrogen-bond donors (Lipinski definition) is 2. The van der Waals surface area contributed by atoms with E-state index in [0.717, 1.165) is 24.7 Å². The monoisotopic (exact) mass is 381 g/mol. The summed E-state index contributed by atoms with van der Waals surface area (Å²) in [4.78, 5) is 26.8. The molecule has 6 nitrogen and oxygen atoms in total. The summed E-state index contributed by atoms with van der Waals surface area (Å²) in [5.74, 6) is -0.139. The van der Waals surface area contributed by atoms with E-state index in [1.165, 1.54) is 12.8 Å². The number of para-hydroxylation sites is 2. The number of hydrogen-bond acceptors (Lipinski definition) is 4. The molecule has 3 rings (SSSR count). The number of benzene rings is 2. The van der Waals surface area contributed by atoms with Gasteiger partial charge in [0.15, 0.2) is 0 Å². The van der Waals surface area contributed by atoms with Gasteiger partial charge in [-0.15, -0.1) is 0 Å². The van der Waals surface area contributed by atoms with Crippen LogP contribution in [0.4, 0.5) is 17.1 Å².